The van der Waals surface area contributed by atoms with Gasteiger partial charge in [-0.1, -0.05) is 12.1 Å². The fourth-order valence-electron chi connectivity index (χ4n) is 2.22. The van der Waals surface area contributed by atoms with E-state index in [1.807, 2.05) is 17.5 Å². The Morgan fingerprint density at radius 1 is 1.37 bits per heavy atom. The Balaban J connectivity index is 1.97. The number of carboxylic acid groups (broad SMARTS) is 1. The van der Waals surface area contributed by atoms with Gasteiger partial charge in [-0.2, -0.15) is 0 Å². The molecule has 0 unspecified atom stereocenters. The molecule has 19 heavy (non-hydrogen) atoms. The molecule has 0 atom stereocenters. The molecule has 1 N–H and O–H groups in total. The number of benzene rings is 1. The molecule has 1 amide bonds. The van der Waals surface area contributed by atoms with Crippen LogP contribution in [0.4, 0.5) is 5.69 Å². The third kappa shape index (κ3) is 2.13. The van der Waals surface area contributed by atoms with Crippen LogP contribution in [-0.4, -0.2) is 17.0 Å². The molecule has 4 nitrogen and oxygen atoms in total. The number of carbonyl (C=O) groups excluding carboxylic acids is 1. The van der Waals surface area contributed by atoms with E-state index in [4.69, 9.17) is 5.11 Å². The second-order valence-corrected chi connectivity index (χ2v) is 5.42. The van der Waals surface area contributed by atoms with Gasteiger partial charge in [-0.25, -0.2) is 4.79 Å². The summed E-state index contributed by atoms with van der Waals surface area (Å²) in [4.78, 5) is 25.8. The first-order valence-corrected chi connectivity index (χ1v) is 6.72. The molecule has 0 aliphatic carbocycles. The molecular weight excluding hydrogens is 262 g/mol. The van der Waals surface area contributed by atoms with Crippen LogP contribution in [0, 0.1) is 0 Å². The number of anilines is 1. The molecule has 96 valence electrons. The average molecular weight is 273 g/mol. The van der Waals surface area contributed by atoms with E-state index in [1.54, 1.807) is 34.4 Å². The zero-order valence-corrected chi connectivity index (χ0v) is 10.8. The van der Waals surface area contributed by atoms with Gasteiger partial charge in [0.2, 0.25) is 5.91 Å². The topological polar surface area (TPSA) is 57.6 Å². The minimum atomic E-state index is -0.974. The van der Waals surface area contributed by atoms with Gasteiger partial charge in [-0.15, -0.1) is 11.3 Å². The molecule has 2 aromatic rings. The van der Waals surface area contributed by atoms with Crippen molar-refractivity contribution in [2.75, 3.05) is 4.90 Å². The van der Waals surface area contributed by atoms with E-state index in [0.717, 1.165) is 16.1 Å². The van der Waals surface area contributed by atoms with Crippen LogP contribution in [0.2, 0.25) is 0 Å². The Kier molecular flexibility index (Phi) is 2.83. The van der Waals surface area contributed by atoms with Gasteiger partial charge in [0, 0.05) is 10.6 Å². The van der Waals surface area contributed by atoms with Gasteiger partial charge in [-0.3, -0.25) is 4.79 Å². The van der Waals surface area contributed by atoms with Crippen LogP contribution in [0.25, 0.3) is 0 Å². The lowest BCUT2D eigenvalue weighted by Crippen LogP contribution is -2.25. The van der Waals surface area contributed by atoms with Crippen molar-refractivity contribution in [2.45, 2.75) is 13.0 Å². The summed E-state index contributed by atoms with van der Waals surface area (Å²) in [5, 5.41) is 11.0. The normalized spacial score (nSPS) is 13.7. The first kappa shape index (κ1) is 11.9. The van der Waals surface area contributed by atoms with E-state index in [1.165, 1.54) is 0 Å². The first-order chi connectivity index (χ1) is 9.15. The van der Waals surface area contributed by atoms with Crippen LogP contribution in [-0.2, 0) is 17.8 Å². The number of hydrogen-bond acceptors (Lipinski definition) is 3. The van der Waals surface area contributed by atoms with Gasteiger partial charge in [0.05, 0.1) is 18.5 Å². The molecule has 5 heteroatoms. The monoisotopic (exact) mass is 273 g/mol. The van der Waals surface area contributed by atoms with Crippen molar-refractivity contribution in [1.29, 1.82) is 0 Å². The first-order valence-electron chi connectivity index (χ1n) is 5.84. The number of thiophene rings is 1. The predicted molar refractivity (Wildman–Crippen MR) is 72.6 cm³/mol. The van der Waals surface area contributed by atoms with Crippen LogP contribution >= 0.6 is 11.3 Å². The molecule has 0 saturated carbocycles. The molecule has 1 aliphatic heterocycles. The van der Waals surface area contributed by atoms with Crippen LogP contribution in [0.5, 0.6) is 0 Å². The summed E-state index contributed by atoms with van der Waals surface area (Å²) in [6, 6.07) is 8.76. The smallest absolute Gasteiger partial charge is 0.335 e. The van der Waals surface area contributed by atoms with Gasteiger partial charge in [0.15, 0.2) is 0 Å². The summed E-state index contributed by atoms with van der Waals surface area (Å²) in [6.07, 6.45) is 0.348. The quantitative estimate of drug-likeness (QED) is 0.935. The van der Waals surface area contributed by atoms with E-state index >= 15 is 0 Å². The number of rotatable bonds is 3. The van der Waals surface area contributed by atoms with Crippen molar-refractivity contribution in [3.8, 4) is 0 Å². The Morgan fingerprint density at radius 3 is 2.89 bits per heavy atom. The molecule has 1 aliphatic rings. The van der Waals surface area contributed by atoms with Crippen molar-refractivity contribution in [3.05, 3.63) is 51.7 Å². The van der Waals surface area contributed by atoms with E-state index in [9.17, 15) is 9.59 Å². The molecule has 3 rings (SSSR count). The third-order valence-electron chi connectivity index (χ3n) is 3.16. The fourth-order valence-corrected chi connectivity index (χ4v) is 2.91. The molecule has 1 aromatic carbocycles. The van der Waals surface area contributed by atoms with Crippen LogP contribution < -0.4 is 4.90 Å². The van der Waals surface area contributed by atoms with Gasteiger partial charge < -0.3 is 10.0 Å². The number of amides is 1. The van der Waals surface area contributed by atoms with Crippen LogP contribution in [0.15, 0.2) is 35.7 Å². The summed E-state index contributed by atoms with van der Waals surface area (Å²) in [7, 11) is 0. The van der Waals surface area contributed by atoms with Crippen molar-refractivity contribution < 1.29 is 14.7 Å². The maximum Gasteiger partial charge on any atom is 0.335 e. The Bertz CT molecular complexity index is 649. The van der Waals surface area contributed by atoms with E-state index < -0.39 is 5.97 Å². The number of nitrogens with zero attached hydrogens (tertiary/aromatic N) is 1. The van der Waals surface area contributed by atoms with E-state index in [0.29, 0.717) is 13.0 Å². The molecule has 2 heterocycles. The molecule has 0 bridgehead atoms. The molecule has 0 radical (unpaired) electrons. The fraction of sp³-hybridized carbons (Fsp3) is 0.143. The average Bonchev–Trinajstić information content (AvgIpc) is 2.98. The van der Waals surface area contributed by atoms with Crippen LogP contribution in [0.3, 0.4) is 0 Å². The third-order valence-corrected chi connectivity index (χ3v) is 4.02. The maximum atomic E-state index is 12.0. The summed E-state index contributed by atoms with van der Waals surface area (Å²) < 4.78 is 0. The van der Waals surface area contributed by atoms with Gasteiger partial charge >= 0.3 is 5.97 Å². The number of fused-ring (bicyclic) bond motifs is 1. The number of aromatic carboxylic acids is 1. The summed E-state index contributed by atoms with van der Waals surface area (Å²) in [6.45, 7) is 0.507. The highest BCUT2D eigenvalue weighted by Gasteiger charge is 2.28. The number of hydrogen-bond donors (Lipinski definition) is 1. The number of carboxylic acids is 1. The minimum absolute atomic E-state index is 0.0194. The van der Waals surface area contributed by atoms with Gasteiger partial charge in [0.25, 0.3) is 0 Å². The standard InChI is InChI=1S/C14H11NO3S/c16-13-7-9-3-4-10(14(17)18)6-12(9)15(13)8-11-2-1-5-19-11/h1-6H,7-8H2,(H,17,18). The minimum Gasteiger partial charge on any atom is -0.478 e. The number of carbonyl (C=O) groups is 2. The van der Waals surface area contributed by atoms with Gasteiger partial charge in [-0.05, 0) is 29.1 Å². The van der Waals surface area contributed by atoms with Crippen molar-refractivity contribution in [3.63, 3.8) is 0 Å². The highest BCUT2D eigenvalue weighted by Crippen LogP contribution is 2.31. The lowest BCUT2D eigenvalue weighted by Gasteiger charge is -2.16. The lowest BCUT2D eigenvalue weighted by atomic mass is 10.1. The van der Waals surface area contributed by atoms with E-state index in [-0.39, 0.29) is 11.5 Å². The van der Waals surface area contributed by atoms with Crippen LogP contribution in [0.1, 0.15) is 20.8 Å². The highest BCUT2D eigenvalue weighted by molar-refractivity contribution is 7.09. The summed E-state index contributed by atoms with van der Waals surface area (Å²) in [5.41, 5.74) is 1.83. The zero-order valence-electron chi connectivity index (χ0n) is 10.00. The van der Waals surface area contributed by atoms with Crippen molar-refractivity contribution >= 4 is 28.9 Å². The zero-order chi connectivity index (χ0) is 13.4. The van der Waals surface area contributed by atoms with Gasteiger partial charge in [0.1, 0.15) is 0 Å². The Labute approximate surface area is 113 Å². The predicted octanol–water partition coefficient (Wildman–Crippen LogP) is 2.54. The lowest BCUT2D eigenvalue weighted by molar-refractivity contribution is -0.117. The molecule has 0 spiro atoms. The van der Waals surface area contributed by atoms with Crippen molar-refractivity contribution in [2.24, 2.45) is 0 Å². The second kappa shape index (κ2) is 4.51. The maximum absolute atomic E-state index is 12.0. The SMILES string of the molecule is O=C(O)c1ccc2c(c1)N(Cc1cccs1)C(=O)C2. The Hall–Kier alpha value is -2.14. The molecule has 0 fully saturated rings. The second-order valence-electron chi connectivity index (χ2n) is 4.38. The Morgan fingerprint density at radius 2 is 2.21 bits per heavy atom. The molecule has 1 aromatic heterocycles. The summed E-state index contributed by atoms with van der Waals surface area (Å²) in [5.74, 6) is -0.954. The molecular formula is C14H11NO3S. The van der Waals surface area contributed by atoms with Crippen molar-refractivity contribution in [1.82, 2.24) is 0 Å². The summed E-state index contributed by atoms with van der Waals surface area (Å²) >= 11 is 1.59. The molecule has 0 saturated heterocycles. The van der Waals surface area contributed by atoms with E-state index in [2.05, 4.69) is 0 Å². The highest BCUT2D eigenvalue weighted by atomic mass is 32.1. The largest absolute Gasteiger partial charge is 0.478 e.